The Kier molecular flexibility index (Phi) is 5.59. The number of benzene rings is 1. The lowest BCUT2D eigenvalue weighted by Gasteiger charge is -2.29. The molecule has 3 heterocycles. The van der Waals surface area contributed by atoms with E-state index in [0.29, 0.717) is 48.9 Å². The van der Waals surface area contributed by atoms with Gasteiger partial charge in [-0.15, -0.1) is 0 Å². The second-order valence-electron chi connectivity index (χ2n) is 6.72. The molecule has 1 aromatic carbocycles. The van der Waals surface area contributed by atoms with Crippen molar-refractivity contribution in [3.63, 3.8) is 0 Å². The van der Waals surface area contributed by atoms with Crippen molar-refractivity contribution in [3.05, 3.63) is 52.1 Å². The van der Waals surface area contributed by atoms with Gasteiger partial charge in [-0.2, -0.15) is 0 Å². The molecule has 3 amide bonds. The number of nitrogens with zero attached hydrogens (tertiary/aromatic N) is 3. The number of imide groups is 1. The number of pyridine rings is 1. The van der Waals surface area contributed by atoms with Crippen LogP contribution in [0.1, 0.15) is 27.1 Å². The Bertz CT molecular complexity index is 975. The van der Waals surface area contributed by atoms with E-state index in [9.17, 15) is 14.4 Å². The van der Waals surface area contributed by atoms with Gasteiger partial charge in [0, 0.05) is 36.7 Å². The molecule has 0 atom stereocenters. The van der Waals surface area contributed by atoms with Crippen LogP contribution < -0.4 is 10.2 Å². The Morgan fingerprint density at radius 1 is 1.14 bits per heavy atom. The number of halogens is 1. The van der Waals surface area contributed by atoms with Gasteiger partial charge in [0.25, 0.3) is 11.8 Å². The molecule has 2 aliphatic rings. The van der Waals surface area contributed by atoms with E-state index in [1.165, 1.54) is 0 Å². The average molecular weight is 459 g/mol. The number of carbonyl (C=O) groups excluding carboxylic acids is 3. The summed E-state index contributed by atoms with van der Waals surface area (Å²) < 4.78 is 6.09. The summed E-state index contributed by atoms with van der Waals surface area (Å²) in [6.07, 6.45) is 1.68. The third-order valence-corrected chi connectivity index (χ3v) is 5.36. The van der Waals surface area contributed by atoms with Crippen molar-refractivity contribution in [1.29, 1.82) is 0 Å². The summed E-state index contributed by atoms with van der Waals surface area (Å²) in [6.45, 7) is 2.64. The van der Waals surface area contributed by atoms with Crippen molar-refractivity contribution in [2.24, 2.45) is 0 Å². The molecule has 1 N–H and O–H groups in total. The minimum Gasteiger partial charge on any atom is -0.378 e. The number of nitrogens with one attached hydrogen (secondary N) is 1. The third kappa shape index (κ3) is 4.01. The summed E-state index contributed by atoms with van der Waals surface area (Å²) in [5.41, 5.74) is 1.32. The summed E-state index contributed by atoms with van der Waals surface area (Å²) in [7, 11) is 0. The summed E-state index contributed by atoms with van der Waals surface area (Å²) in [5, 5.41) is 2.85. The predicted molar refractivity (Wildman–Crippen MR) is 110 cm³/mol. The number of carbonyl (C=O) groups is 3. The Labute approximate surface area is 176 Å². The highest BCUT2D eigenvalue weighted by Gasteiger charge is 2.35. The molecule has 4 rings (SSSR count). The largest absolute Gasteiger partial charge is 0.378 e. The summed E-state index contributed by atoms with van der Waals surface area (Å²) in [5.74, 6) is -0.352. The molecule has 1 saturated heterocycles. The zero-order valence-electron chi connectivity index (χ0n) is 15.6. The van der Waals surface area contributed by atoms with Crippen molar-refractivity contribution in [1.82, 2.24) is 9.88 Å². The van der Waals surface area contributed by atoms with E-state index >= 15 is 0 Å². The van der Waals surface area contributed by atoms with Gasteiger partial charge in [-0.25, -0.2) is 4.98 Å². The van der Waals surface area contributed by atoms with E-state index in [0.717, 1.165) is 9.37 Å². The fourth-order valence-electron chi connectivity index (χ4n) is 3.41. The SMILES string of the molecule is O=C(CCN1C(=O)c2ccc(Br)cc2C1=O)Nc1cccnc1N1CCOCC1. The lowest BCUT2D eigenvalue weighted by atomic mass is 10.1. The zero-order chi connectivity index (χ0) is 20.4. The normalized spacial score (nSPS) is 16.2. The van der Waals surface area contributed by atoms with Crippen LogP contribution in [0.3, 0.4) is 0 Å². The molecule has 0 aliphatic carbocycles. The van der Waals surface area contributed by atoms with Gasteiger partial charge < -0.3 is 15.0 Å². The van der Waals surface area contributed by atoms with Gasteiger partial charge in [0.15, 0.2) is 5.82 Å². The predicted octanol–water partition coefficient (Wildman–Crippen LogP) is 2.31. The molecule has 29 heavy (non-hydrogen) atoms. The van der Waals surface area contributed by atoms with Crippen molar-refractivity contribution < 1.29 is 19.1 Å². The molecular formula is C20H19BrN4O4. The Hall–Kier alpha value is -2.78. The van der Waals surface area contributed by atoms with Gasteiger partial charge in [-0.05, 0) is 30.3 Å². The van der Waals surface area contributed by atoms with Crippen LogP contribution in [0.4, 0.5) is 11.5 Å². The van der Waals surface area contributed by atoms with Crippen LogP contribution in [0.2, 0.25) is 0 Å². The monoisotopic (exact) mass is 458 g/mol. The number of rotatable bonds is 5. The third-order valence-electron chi connectivity index (χ3n) is 4.87. The van der Waals surface area contributed by atoms with Gasteiger partial charge in [0.1, 0.15) is 0 Å². The van der Waals surface area contributed by atoms with E-state index in [2.05, 4.69) is 31.1 Å². The maximum atomic E-state index is 12.5. The zero-order valence-corrected chi connectivity index (χ0v) is 17.1. The fraction of sp³-hybridized carbons (Fsp3) is 0.300. The first-order chi connectivity index (χ1) is 14.0. The van der Waals surface area contributed by atoms with Crippen LogP contribution in [-0.4, -0.2) is 60.5 Å². The molecule has 1 fully saturated rings. The maximum Gasteiger partial charge on any atom is 0.261 e. The highest BCUT2D eigenvalue weighted by atomic mass is 79.9. The fourth-order valence-corrected chi connectivity index (χ4v) is 3.77. The summed E-state index contributed by atoms with van der Waals surface area (Å²) >= 11 is 3.31. The number of amides is 3. The quantitative estimate of drug-likeness (QED) is 0.691. The topological polar surface area (TPSA) is 91.8 Å². The molecule has 150 valence electrons. The molecule has 2 aliphatic heterocycles. The molecular weight excluding hydrogens is 440 g/mol. The maximum absolute atomic E-state index is 12.5. The number of fused-ring (bicyclic) bond motifs is 1. The molecule has 0 saturated carbocycles. The highest BCUT2D eigenvalue weighted by molar-refractivity contribution is 9.10. The second kappa shape index (κ2) is 8.30. The first-order valence-corrected chi connectivity index (χ1v) is 10.1. The van der Waals surface area contributed by atoms with Crippen LogP contribution in [0.5, 0.6) is 0 Å². The van der Waals surface area contributed by atoms with Gasteiger partial charge in [-0.1, -0.05) is 15.9 Å². The molecule has 2 aromatic rings. The standard InChI is InChI=1S/C20H19BrN4O4/c21-13-3-4-14-15(12-13)20(28)25(19(14)27)7-5-17(26)23-16-2-1-6-22-18(16)24-8-10-29-11-9-24/h1-4,6,12H,5,7-11H2,(H,23,26). The van der Waals surface area contributed by atoms with Gasteiger partial charge in [-0.3, -0.25) is 19.3 Å². The molecule has 0 radical (unpaired) electrons. The number of anilines is 2. The van der Waals surface area contributed by atoms with Crippen LogP contribution in [0.15, 0.2) is 41.0 Å². The lowest BCUT2D eigenvalue weighted by Crippen LogP contribution is -2.37. The van der Waals surface area contributed by atoms with Crippen LogP contribution in [0.25, 0.3) is 0 Å². The number of ether oxygens (including phenoxy) is 1. The number of aromatic nitrogens is 1. The van der Waals surface area contributed by atoms with Crippen LogP contribution >= 0.6 is 15.9 Å². The molecule has 9 heteroatoms. The number of morpholine rings is 1. The number of hydrogen-bond acceptors (Lipinski definition) is 6. The molecule has 0 unspecified atom stereocenters. The van der Waals surface area contributed by atoms with E-state index in [-0.39, 0.29) is 30.7 Å². The first kappa shape index (κ1) is 19.5. The Balaban J connectivity index is 1.40. The van der Waals surface area contributed by atoms with Crippen molar-refractivity contribution in [3.8, 4) is 0 Å². The van der Waals surface area contributed by atoms with E-state index in [1.54, 1.807) is 36.5 Å². The minimum absolute atomic E-state index is 0.00405. The average Bonchev–Trinajstić information content (AvgIpc) is 2.97. The first-order valence-electron chi connectivity index (χ1n) is 9.28. The molecule has 0 bridgehead atoms. The molecule has 1 aromatic heterocycles. The molecule has 0 spiro atoms. The van der Waals surface area contributed by atoms with Gasteiger partial charge >= 0.3 is 0 Å². The second-order valence-corrected chi connectivity index (χ2v) is 7.64. The highest BCUT2D eigenvalue weighted by Crippen LogP contribution is 2.27. The Morgan fingerprint density at radius 2 is 1.90 bits per heavy atom. The van der Waals surface area contributed by atoms with Crippen LogP contribution in [-0.2, 0) is 9.53 Å². The van der Waals surface area contributed by atoms with E-state index in [4.69, 9.17) is 4.74 Å². The summed E-state index contributed by atoms with van der Waals surface area (Å²) in [6, 6.07) is 8.50. The number of hydrogen-bond donors (Lipinski definition) is 1. The smallest absolute Gasteiger partial charge is 0.261 e. The van der Waals surface area contributed by atoms with Crippen molar-refractivity contribution >= 4 is 45.2 Å². The van der Waals surface area contributed by atoms with Gasteiger partial charge in [0.05, 0.1) is 30.0 Å². The minimum atomic E-state index is -0.380. The van der Waals surface area contributed by atoms with Crippen molar-refractivity contribution in [2.75, 3.05) is 43.1 Å². The lowest BCUT2D eigenvalue weighted by molar-refractivity contribution is -0.116. The molecule has 8 nitrogen and oxygen atoms in total. The van der Waals surface area contributed by atoms with E-state index < -0.39 is 0 Å². The summed E-state index contributed by atoms with van der Waals surface area (Å²) in [4.78, 5) is 45.1. The van der Waals surface area contributed by atoms with Gasteiger partial charge in [0.2, 0.25) is 5.91 Å². The van der Waals surface area contributed by atoms with Crippen molar-refractivity contribution in [2.45, 2.75) is 6.42 Å². The Morgan fingerprint density at radius 3 is 2.69 bits per heavy atom. The van der Waals surface area contributed by atoms with Crippen LogP contribution in [0, 0.1) is 0 Å². The van der Waals surface area contributed by atoms with E-state index in [1.807, 2.05) is 0 Å².